The highest BCUT2D eigenvalue weighted by Gasteiger charge is 2.27. The number of anilines is 4. The third-order valence-electron chi connectivity index (χ3n) is 9.18. The largest absolute Gasteiger partial charge is 0.493 e. The highest BCUT2D eigenvalue weighted by Crippen LogP contribution is 2.41. The van der Waals surface area contributed by atoms with Crippen LogP contribution in [0, 0.1) is 5.82 Å². The summed E-state index contributed by atoms with van der Waals surface area (Å²) in [4.78, 5) is 17.9. The highest BCUT2D eigenvalue weighted by atomic mass is 79.9. The minimum absolute atomic E-state index is 0.0355. The molecule has 60 heavy (non-hydrogen) atoms. The normalized spacial score (nSPS) is 11.9. The van der Waals surface area contributed by atoms with E-state index in [0.29, 0.717) is 61.1 Å². The number of nitrogens with zero attached hydrogens (tertiary/aromatic N) is 8. The molecule has 19 nitrogen and oxygen atoms in total. The summed E-state index contributed by atoms with van der Waals surface area (Å²) in [7, 11) is -0.478. The number of benzene rings is 2. The number of hydrogen-bond donors (Lipinski definition) is 4. The summed E-state index contributed by atoms with van der Waals surface area (Å²) >= 11 is 6.86. The number of aromatic nitrogens is 8. The summed E-state index contributed by atoms with van der Waals surface area (Å²) < 4.78 is 97.6. The average molecular weight is 994 g/mol. The third-order valence-corrected chi connectivity index (χ3v) is 12.7. The van der Waals surface area contributed by atoms with Crippen molar-refractivity contribution in [3.63, 3.8) is 0 Å². The van der Waals surface area contributed by atoms with E-state index in [2.05, 4.69) is 71.9 Å². The lowest BCUT2D eigenvalue weighted by atomic mass is 10.1. The molecule has 0 spiro atoms. The van der Waals surface area contributed by atoms with Gasteiger partial charge in [-0.15, -0.1) is 9.36 Å². The number of aryl methyl sites for hydroxylation is 1. The number of ether oxygens (including phenoxy) is 3. The van der Waals surface area contributed by atoms with E-state index >= 15 is 4.39 Å². The predicted octanol–water partition coefficient (Wildman–Crippen LogP) is 5.49. The van der Waals surface area contributed by atoms with E-state index in [9.17, 15) is 16.8 Å². The number of hydrogen-bond acceptors (Lipinski definition) is 13. The summed E-state index contributed by atoms with van der Waals surface area (Å²) in [5.41, 5.74) is 2.90. The molecule has 4 N–H and O–H groups in total. The Kier molecular flexibility index (Phi) is 11.8. The average Bonchev–Trinajstić information content (AvgIpc) is 3.93. The minimum atomic E-state index is -4.22. The molecule has 5 heterocycles. The number of imidazole rings is 2. The lowest BCUT2D eigenvalue weighted by Gasteiger charge is -2.16. The summed E-state index contributed by atoms with van der Waals surface area (Å²) in [5.74, 6) is 0.0902. The molecule has 7 rings (SSSR count). The SMILES string of the molecule is CCCS(=O)(=O)Nc1cc(-c2cnc3c(NCn4cc(S(=O)(=O)Nc5cc(-c6cnc7c(NC)nc(Br)cn67)cc(OC)c5OC)c[n+]4C)nc(Br)cn23)cc(F)c1OC. The van der Waals surface area contributed by atoms with Gasteiger partial charge in [0.05, 0.1) is 68.4 Å². The fourth-order valence-corrected chi connectivity index (χ4v) is 9.52. The summed E-state index contributed by atoms with van der Waals surface area (Å²) in [5, 5.41) is 6.22. The van der Waals surface area contributed by atoms with Crippen molar-refractivity contribution in [1.29, 1.82) is 0 Å². The van der Waals surface area contributed by atoms with E-state index in [1.54, 1.807) is 65.5 Å². The zero-order valence-corrected chi connectivity index (χ0v) is 37.6. The lowest BCUT2D eigenvalue weighted by Crippen LogP contribution is -2.39. The van der Waals surface area contributed by atoms with Gasteiger partial charge in [-0.2, -0.15) is 0 Å². The minimum Gasteiger partial charge on any atom is -0.493 e. The maximum absolute atomic E-state index is 15.3. The Labute approximate surface area is 360 Å². The molecule has 0 bridgehead atoms. The molecular formula is C36H38Br2FN12O7S2+. The van der Waals surface area contributed by atoms with E-state index in [1.165, 1.54) is 52.1 Å². The molecule has 0 unspecified atom stereocenters. The van der Waals surface area contributed by atoms with Crippen LogP contribution >= 0.6 is 31.9 Å². The number of methoxy groups -OCH3 is 3. The Morgan fingerprint density at radius 1 is 0.800 bits per heavy atom. The molecule has 316 valence electrons. The van der Waals surface area contributed by atoms with Crippen molar-refractivity contribution in [1.82, 2.24) is 33.4 Å². The van der Waals surface area contributed by atoms with Crippen molar-refractivity contribution >= 4 is 86.2 Å². The van der Waals surface area contributed by atoms with Gasteiger partial charge in [-0.05, 0) is 62.5 Å². The van der Waals surface area contributed by atoms with Crippen molar-refractivity contribution in [2.45, 2.75) is 24.9 Å². The van der Waals surface area contributed by atoms with Crippen LogP contribution in [0.3, 0.4) is 0 Å². The first-order valence-electron chi connectivity index (χ1n) is 17.8. The van der Waals surface area contributed by atoms with Crippen LogP contribution < -0.4 is 39.0 Å². The van der Waals surface area contributed by atoms with Crippen molar-refractivity contribution in [2.75, 3.05) is 54.2 Å². The first-order chi connectivity index (χ1) is 28.6. The van der Waals surface area contributed by atoms with Crippen LogP contribution in [0.15, 0.2) is 75.5 Å². The topological polar surface area (TPSA) is 213 Å². The zero-order valence-electron chi connectivity index (χ0n) is 32.8. The van der Waals surface area contributed by atoms with E-state index in [4.69, 9.17) is 14.2 Å². The fraction of sp³-hybridized carbons (Fsp3) is 0.250. The van der Waals surface area contributed by atoms with Gasteiger partial charge < -0.3 is 24.8 Å². The second-order valence-electron chi connectivity index (χ2n) is 13.1. The van der Waals surface area contributed by atoms with Crippen LogP contribution in [0.25, 0.3) is 33.8 Å². The first kappa shape index (κ1) is 42.4. The van der Waals surface area contributed by atoms with Crippen LogP contribution in [0.5, 0.6) is 17.2 Å². The van der Waals surface area contributed by atoms with Crippen LogP contribution in [-0.4, -0.2) is 84.4 Å². The predicted molar refractivity (Wildman–Crippen MR) is 229 cm³/mol. The van der Waals surface area contributed by atoms with Crippen LogP contribution in [0.2, 0.25) is 0 Å². The molecule has 0 radical (unpaired) electrons. The molecule has 0 aliphatic carbocycles. The van der Waals surface area contributed by atoms with Crippen LogP contribution in [-0.2, 0) is 33.8 Å². The van der Waals surface area contributed by atoms with Crippen molar-refractivity contribution < 1.29 is 40.1 Å². The smallest absolute Gasteiger partial charge is 0.269 e. The van der Waals surface area contributed by atoms with Gasteiger partial charge in [0.1, 0.15) is 15.9 Å². The molecule has 5 aromatic heterocycles. The Hall–Kier alpha value is -5.72. The molecule has 7 aromatic rings. The quantitative estimate of drug-likeness (QED) is 0.0884. The van der Waals surface area contributed by atoms with E-state index < -0.39 is 25.9 Å². The second-order valence-corrected chi connectivity index (χ2v) is 18.2. The Bertz CT molecular complexity index is 3010. The first-order valence-corrected chi connectivity index (χ1v) is 22.5. The second kappa shape index (κ2) is 16.7. The van der Waals surface area contributed by atoms with Gasteiger partial charge in [-0.3, -0.25) is 18.2 Å². The standard InChI is InChI=1S/C36H38Br2FN12O7S2/c1-7-8-59(52,53)46-24-10-20(9-23(39)31(24)57-5)26-13-42-36-34(45-30(38)18-51(26)36)43-19-49-16-22(15-48(49)3)60(54,55)47-25-11-21(12-28(56-4)32(25)58-6)27-14-41-35-33(40-2)44-29(37)17-50(27)35/h9-18,46-47H,7-8,19H2,1-6H3,(H,40,44)(H,43,45)/q+1. The van der Waals surface area contributed by atoms with Crippen LogP contribution in [0.4, 0.5) is 27.4 Å². The molecule has 0 aliphatic heterocycles. The molecular weight excluding hydrogens is 955 g/mol. The van der Waals surface area contributed by atoms with Crippen molar-refractivity contribution in [3.05, 3.63) is 76.5 Å². The summed E-state index contributed by atoms with van der Waals surface area (Å²) in [6.07, 6.45) is 9.75. The van der Waals surface area contributed by atoms with Gasteiger partial charge >= 0.3 is 0 Å². The van der Waals surface area contributed by atoms with Gasteiger partial charge in [-0.25, -0.2) is 41.2 Å². The van der Waals surface area contributed by atoms with E-state index in [1.807, 2.05) is 4.40 Å². The van der Waals surface area contributed by atoms with Gasteiger partial charge in [-0.1, -0.05) is 6.92 Å². The molecule has 0 atom stereocenters. The Balaban J connectivity index is 1.17. The fourth-order valence-electron chi connectivity index (χ4n) is 6.52. The molecule has 0 aliphatic rings. The summed E-state index contributed by atoms with van der Waals surface area (Å²) in [6, 6.07) is 6.03. The molecule has 0 saturated heterocycles. The number of sulfonamides is 2. The maximum atomic E-state index is 15.3. The molecule has 2 aromatic carbocycles. The number of nitrogens with one attached hydrogen (secondary N) is 4. The Morgan fingerprint density at radius 3 is 1.97 bits per heavy atom. The third kappa shape index (κ3) is 8.23. The number of fused-ring (bicyclic) bond motifs is 2. The molecule has 0 saturated carbocycles. The van der Waals surface area contributed by atoms with Crippen molar-refractivity contribution in [2.24, 2.45) is 7.05 Å². The van der Waals surface area contributed by atoms with Crippen molar-refractivity contribution in [3.8, 4) is 39.8 Å². The van der Waals surface area contributed by atoms with Gasteiger partial charge in [0.15, 0.2) is 57.9 Å². The Morgan fingerprint density at radius 2 is 1.38 bits per heavy atom. The number of halogens is 3. The van der Waals surface area contributed by atoms with E-state index in [-0.39, 0.29) is 45.9 Å². The summed E-state index contributed by atoms with van der Waals surface area (Å²) in [6.45, 7) is 1.76. The van der Waals surface area contributed by atoms with Gasteiger partial charge in [0, 0.05) is 30.6 Å². The zero-order chi connectivity index (χ0) is 43.1. The van der Waals surface area contributed by atoms with Gasteiger partial charge in [0.25, 0.3) is 10.0 Å². The monoisotopic (exact) mass is 991 g/mol. The van der Waals surface area contributed by atoms with Crippen LogP contribution in [0.1, 0.15) is 13.3 Å². The maximum Gasteiger partial charge on any atom is 0.269 e. The molecule has 0 fully saturated rings. The molecule has 24 heteroatoms. The van der Waals surface area contributed by atoms with Gasteiger partial charge in [0.2, 0.25) is 16.2 Å². The van der Waals surface area contributed by atoms with E-state index in [0.717, 1.165) is 0 Å². The highest BCUT2D eigenvalue weighted by molar-refractivity contribution is 9.10. The molecule has 0 amide bonds. The number of rotatable bonds is 16. The lowest BCUT2D eigenvalue weighted by molar-refractivity contribution is -0.753.